The van der Waals surface area contributed by atoms with Crippen LogP contribution in [0.2, 0.25) is 5.02 Å². The van der Waals surface area contributed by atoms with Crippen LogP contribution < -0.4 is 0 Å². The summed E-state index contributed by atoms with van der Waals surface area (Å²) >= 11 is 5.77. The monoisotopic (exact) mass is 378 g/mol. The van der Waals surface area contributed by atoms with Crippen molar-refractivity contribution in [3.05, 3.63) is 58.4 Å². The van der Waals surface area contributed by atoms with E-state index < -0.39 is 23.3 Å². The molecule has 0 aliphatic rings. The van der Waals surface area contributed by atoms with Gasteiger partial charge in [-0.2, -0.15) is 0 Å². The number of nitrogens with zero attached hydrogens (tertiary/aromatic N) is 2. The van der Waals surface area contributed by atoms with E-state index in [0.717, 1.165) is 0 Å². The molecule has 5 nitrogen and oxygen atoms in total. The van der Waals surface area contributed by atoms with Gasteiger partial charge in [0.15, 0.2) is 0 Å². The maximum atomic E-state index is 14.0. The maximum absolute atomic E-state index is 14.0. The van der Waals surface area contributed by atoms with Gasteiger partial charge < -0.3 is 9.53 Å². The zero-order valence-electron chi connectivity index (χ0n) is 14.8. The van der Waals surface area contributed by atoms with E-state index >= 15 is 0 Å². The fourth-order valence-corrected chi connectivity index (χ4v) is 2.51. The number of aldehydes is 1. The van der Waals surface area contributed by atoms with Crippen LogP contribution in [0.15, 0.2) is 30.6 Å². The van der Waals surface area contributed by atoms with Gasteiger partial charge in [-0.25, -0.2) is 14.4 Å². The number of benzene rings is 1. The van der Waals surface area contributed by atoms with Crippen LogP contribution in [-0.2, 0) is 20.7 Å². The number of carbonyl (C=O) groups excluding carboxylic acids is 2. The SMILES string of the molecule is CC(C)(C)OC(=O)CC(C=O)c1ncc(Cc2cccc(Cl)c2F)cn1. The highest BCUT2D eigenvalue weighted by molar-refractivity contribution is 6.30. The molecule has 2 aromatic rings. The molecule has 7 heteroatoms. The van der Waals surface area contributed by atoms with Crippen LogP contribution >= 0.6 is 11.6 Å². The Morgan fingerprint density at radius 2 is 1.96 bits per heavy atom. The molecule has 0 amide bonds. The Kier molecular flexibility index (Phi) is 6.42. The molecule has 26 heavy (non-hydrogen) atoms. The number of esters is 1. The maximum Gasteiger partial charge on any atom is 0.307 e. The number of carbonyl (C=O) groups is 2. The van der Waals surface area contributed by atoms with Crippen LogP contribution in [0, 0.1) is 5.82 Å². The van der Waals surface area contributed by atoms with Crippen LogP contribution in [0.3, 0.4) is 0 Å². The Balaban J connectivity index is 2.08. The van der Waals surface area contributed by atoms with Crippen molar-refractivity contribution in [3.63, 3.8) is 0 Å². The van der Waals surface area contributed by atoms with E-state index in [9.17, 15) is 14.0 Å². The van der Waals surface area contributed by atoms with Crippen molar-refractivity contribution in [2.45, 2.75) is 45.1 Å². The van der Waals surface area contributed by atoms with Crippen molar-refractivity contribution in [2.24, 2.45) is 0 Å². The minimum absolute atomic E-state index is 0.0541. The van der Waals surface area contributed by atoms with Gasteiger partial charge in [0.1, 0.15) is 23.5 Å². The summed E-state index contributed by atoms with van der Waals surface area (Å²) in [4.78, 5) is 31.5. The fourth-order valence-electron chi connectivity index (χ4n) is 2.32. The molecule has 1 atom stereocenters. The van der Waals surface area contributed by atoms with Gasteiger partial charge in [-0.3, -0.25) is 4.79 Å². The van der Waals surface area contributed by atoms with E-state index in [1.807, 2.05) is 0 Å². The molecule has 0 aliphatic carbocycles. The predicted octanol–water partition coefficient (Wildman–Crippen LogP) is 3.87. The van der Waals surface area contributed by atoms with E-state index in [-0.39, 0.29) is 23.7 Å². The summed E-state index contributed by atoms with van der Waals surface area (Å²) in [6, 6.07) is 4.77. The topological polar surface area (TPSA) is 69.2 Å². The van der Waals surface area contributed by atoms with Crippen molar-refractivity contribution in [1.82, 2.24) is 9.97 Å². The lowest BCUT2D eigenvalue weighted by Crippen LogP contribution is -2.25. The molecule has 2 rings (SSSR count). The first-order chi connectivity index (χ1) is 12.2. The minimum Gasteiger partial charge on any atom is -0.460 e. The lowest BCUT2D eigenvalue weighted by molar-refractivity contribution is -0.155. The summed E-state index contributed by atoms with van der Waals surface area (Å²) in [5.74, 6) is -1.54. The van der Waals surface area contributed by atoms with Gasteiger partial charge in [0.05, 0.1) is 17.4 Å². The summed E-state index contributed by atoms with van der Waals surface area (Å²) in [6.45, 7) is 5.25. The summed E-state index contributed by atoms with van der Waals surface area (Å²) in [7, 11) is 0. The van der Waals surface area contributed by atoms with Crippen LogP contribution in [0.1, 0.15) is 50.1 Å². The molecule has 138 valence electrons. The first-order valence-electron chi connectivity index (χ1n) is 8.10. The summed E-state index contributed by atoms with van der Waals surface area (Å²) in [5, 5.41) is 0.0541. The van der Waals surface area contributed by atoms with Gasteiger partial charge in [0.25, 0.3) is 0 Å². The summed E-state index contributed by atoms with van der Waals surface area (Å²) < 4.78 is 19.2. The van der Waals surface area contributed by atoms with Gasteiger partial charge >= 0.3 is 5.97 Å². The second kappa shape index (κ2) is 8.36. The van der Waals surface area contributed by atoms with Crippen molar-refractivity contribution < 1.29 is 18.7 Å². The average molecular weight is 379 g/mol. The Labute approximate surface area is 156 Å². The van der Waals surface area contributed by atoms with Crippen molar-refractivity contribution in [1.29, 1.82) is 0 Å². The van der Waals surface area contributed by atoms with Gasteiger partial charge in [-0.1, -0.05) is 23.7 Å². The van der Waals surface area contributed by atoms with E-state index in [1.165, 1.54) is 18.5 Å². The van der Waals surface area contributed by atoms with Gasteiger partial charge in [-0.05, 0) is 38.0 Å². The van der Waals surface area contributed by atoms with E-state index in [0.29, 0.717) is 17.4 Å². The Bertz CT molecular complexity index is 788. The Hall–Kier alpha value is -2.34. The third kappa shape index (κ3) is 5.59. The van der Waals surface area contributed by atoms with E-state index in [4.69, 9.17) is 16.3 Å². The minimum atomic E-state index is -0.790. The Morgan fingerprint density at radius 1 is 1.31 bits per heavy atom. The number of rotatable bonds is 6. The lowest BCUT2D eigenvalue weighted by atomic mass is 10.0. The van der Waals surface area contributed by atoms with Gasteiger partial charge in [0.2, 0.25) is 0 Å². The highest BCUT2D eigenvalue weighted by Gasteiger charge is 2.23. The first kappa shape index (κ1) is 20.0. The molecule has 0 N–H and O–H groups in total. The number of ether oxygens (including phenoxy) is 1. The van der Waals surface area contributed by atoms with Crippen molar-refractivity contribution in [3.8, 4) is 0 Å². The quantitative estimate of drug-likeness (QED) is 0.563. The molecule has 0 fully saturated rings. The van der Waals surface area contributed by atoms with Gasteiger partial charge in [-0.15, -0.1) is 0 Å². The molecular weight excluding hydrogens is 359 g/mol. The predicted molar refractivity (Wildman–Crippen MR) is 95.5 cm³/mol. The van der Waals surface area contributed by atoms with Crippen LogP contribution in [-0.4, -0.2) is 27.8 Å². The standard InChI is InChI=1S/C19H20ClFN2O3/c1-19(2,3)26-16(25)8-14(11-24)18-22-9-12(10-23-18)7-13-5-4-6-15(20)17(13)21/h4-6,9-11,14H,7-8H2,1-3H3. The highest BCUT2D eigenvalue weighted by atomic mass is 35.5. The molecule has 0 radical (unpaired) electrons. The zero-order valence-corrected chi connectivity index (χ0v) is 15.6. The molecule has 0 saturated heterocycles. The molecule has 1 unspecified atom stereocenters. The Morgan fingerprint density at radius 3 is 2.54 bits per heavy atom. The van der Waals surface area contributed by atoms with Crippen molar-refractivity contribution in [2.75, 3.05) is 0 Å². The van der Waals surface area contributed by atoms with Crippen LogP contribution in [0.25, 0.3) is 0 Å². The van der Waals surface area contributed by atoms with Crippen molar-refractivity contribution >= 4 is 23.9 Å². The van der Waals surface area contributed by atoms with E-state index in [2.05, 4.69) is 9.97 Å². The van der Waals surface area contributed by atoms with E-state index in [1.54, 1.807) is 32.9 Å². The molecule has 0 spiro atoms. The third-order valence-corrected chi connectivity index (χ3v) is 3.75. The largest absolute Gasteiger partial charge is 0.460 e. The third-order valence-electron chi connectivity index (χ3n) is 3.45. The smallest absolute Gasteiger partial charge is 0.307 e. The molecule has 0 aliphatic heterocycles. The molecule has 0 saturated carbocycles. The summed E-state index contributed by atoms with van der Waals surface area (Å²) in [5.41, 5.74) is 0.461. The molecule has 0 bridgehead atoms. The zero-order chi connectivity index (χ0) is 19.3. The number of halogens is 2. The molecule has 1 aromatic heterocycles. The molecular formula is C19H20ClFN2O3. The fraction of sp³-hybridized carbons (Fsp3) is 0.368. The summed E-state index contributed by atoms with van der Waals surface area (Å²) in [6.07, 6.45) is 3.77. The normalized spacial score (nSPS) is 12.5. The lowest BCUT2D eigenvalue weighted by Gasteiger charge is -2.20. The number of hydrogen-bond donors (Lipinski definition) is 0. The number of hydrogen-bond acceptors (Lipinski definition) is 5. The molecule has 1 heterocycles. The second-order valence-corrected chi connectivity index (χ2v) is 7.28. The molecule has 1 aromatic carbocycles. The number of aromatic nitrogens is 2. The van der Waals surface area contributed by atoms with Gasteiger partial charge in [0, 0.05) is 18.8 Å². The van der Waals surface area contributed by atoms with Crippen LogP contribution in [0.4, 0.5) is 4.39 Å². The second-order valence-electron chi connectivity index (χ2n) is 6.87. The average Bonchev–Trinajstić information content (AvgIpc) is 2.56. The highest BCUT2D eigenvalue weighted by Crippen LogP contribution is 2.21. The van der Waals surface area contributed by atoms with Crippen LogP contribution in [0.5, 0.6) is 0 Å². The first-order valence-corrected chi connectivity index (χ1v) is 8.48.